The van der Waals surface area contributed by atoms with Crippen LogP contribution in [0.15, 0.2) is 70.3 Å². The van der Waals surface area contributed by atoms with Gasteiger partial charge in [0.2, 0.25) is 0 Å². The standard InChI is InChI=1S/C31H39N3O8S2/c1-30(2)23-11-9-18-33(17-7-5-6-14-28(35)36)29(23)32-26(30)12-8-13-27-31(3,4)24-21-22(44(40,41)42)15-16-25(24)34(27)19-10-20-43(37,38)39/h8-9,11-13,15-16,18,21H,5-7,10,14,17,19-20H2,1-4H3,(H2-,35,36,37,38,39,40,41,42)/p-1. The quantitative estimate of drug-likeness (QED) is 0.192. The van der Waals surface area contributed by atoms with Gasteiger partial charge >= 0.3 is 11.8 Å². The molecule has 0 saturated heterocycles. The molecule has 0 bridgehead atoms. The lowest BCUT2D eigenvalue weighted by Crippen LogP contribution is -2.34. The molecule has 4 rings (SSSR count). The van der Waals surface area contributed by atoms with Crippen LogP contribution in [0.1, 0.15) is 70.9 Å². The number of anilines is 1. The fraction of sp³-hybridized carbons (Fsp3) is 0.452. The lowest BCUT2D eigenvalue weighted by atomic mass is 9.81. The molecule has 44 heavy (non-hydrogen) atoms. The lowest BCUT2D eigenvalue weighted by molar-refractivity contribution is -0.684. The number of hydrogen-bond donors (Lipinski definition) is 1. The van der Waals surface area contributed by atoms with Crippen LogP contribution >= 0.6 is 0 Å². The molecule has 0 fully saturated rings. The van der Waals surface area contributed by atoms with Gasteiger partial charge in [-0.15, -0.1) is 0 Å². The average molecular weight is 645 g/mol. The number of rotatable bonds is 13. The van der Waals surface area contributed by atoms with Gasteiger partial charge in [-0.2, -0.15) is 0 Å². The minimum atomic E-state index is -4.69. The maximum absolute atomic E-state index is 11.8. The summed E-state index contributed by atoms with van der Waals surface area (Å²) >= 11 is 0. The highest BCUT2D eigenvalue weighted by atomic mass is 32.2. The predicted octanol–water partition coefficient (Wildman–Crippen LogP) is 4.06. The number of fused-ring (bicyclic) bond motifs is 2. The molecule has 1 aromatic heterocycles. The number of aliphatic carboxylic acids is 1. The van der Waals surface area contributed by atoms with Crippen molar-refractivity contribution in [3.63, 3.8) is 0 Å². The highest BCUT2D eigenvalue weighted by Gasteiger charge is 2.42. The summed E-state index contributed by atoms with van der Waals surface area (Å²) in [6.07, 6.45) is 10.1. The van der Waals surface area contributed by atoms with E-state index in [1.807, 2.05) is 55.3 Å². The number of aromatic nitrogens is 1. The van der Waals surface area contributed by atoms with Crippen LogP contribution in [-0.4, -0.2) is 55.0 Å². The number of benzene rings is 1. The highest BCUT2D eigenvalue weighted by molar-refractivity contribution is 7.86. The van der Waals surface area contributed by atoms with Crippen molar-refractivity contribution in [2.24, 2.45) is 4.99 Å². The van der Waals surface area contributed by atoms with Crippen LogP contribution < -0.4 is 9.47 Å². The molecule has 1 aromatic carbocycles. The van der Waals surface area contributed by atoms with Crippen molar-refractivity contribution in [2.75, 3.05) is 17.2 Å². The third kappa shape index (κ3) is 7.28. The van der Waals surface area contributed by atoms with Gasteiger partial charge in [0.25, 0.3) is 0 Å². The van der Waals surface area contributed by atoms with Crippen LogP contribution in [0.5, 0.6) is 0 Å². The van der Waals surface area contributed by atoms with E-state index in [2.05, 4.69) is 18.4 Å². The topological polar surface area (TPSA) is 171 Å². The van der Waals surface area contributed by atoms with Crippen molar-refractivity contribution in [1.82, 2.24) is 0 Å². The van der Waals surface area contributed by atoms with Crippen LogP contribution in [0.25, 0.3) is 0 Å². The Morgan fingerprint density at radius 3 is 2.39 bits per heavy atom. The lowest BCUT2D eigenvalue weighted by Gasteiger charge is -2.27. The van der Waals surface area contributed by atoms with Gasteiger partial charge in [0.05, 0.1) is 38.7 Å². The van der Waals surface area contributed by atoms with Gasteiger partial charge in [0.1, 0.15) is 10.1 Å². The molecule has 0 amide bonds. The summed E-state index contributed by atoms with van der Waals surface area (Å²) in [5, 5.41) is 8.88. The summed E-state index contributed by atoms with van der Waals surface area (Å²) < 4.78 is 71.2. The average Bonchev–Trinajstić information content (AvgIpc) is 3.29. The Balaban J connectivity index is 1.64. The summed E-state index contributed by atoms with van der Waals surface area (Å²) in [4.78, 5) is 17.3. The second-order valence-corrected chi connectivity index (χ2v) is 15.1. The van der Waals surface area contributed by atoms with Gasteiger partial charge in [-0.1, -0.05) is 19.9 Å². The molecule has 0 saturated carbocycles. The van der Waals surface area contributed by atoms with E-state index in [0.29, 0.717) is 24.2 Å². The summed E-state index contributed by atoms with van der Waals surface area (Å²) in [6.45, 7) is 8.87. The van der Waals surface area contributed by atoms with E-state index in [0.717, 1.165) is 35.6 Å². The maximum atomic E-state index is 11.8. The van der Waals surface area contributed by atoms with Crippen molar-refractivity contribution in [2.45, 2.75) is 82.1 Å². The Morgan fingerprint density at radius 2 is 1.73 bits per heavy atom. The molecule has 0 aliphatic carbocycles. The summed E-state index contributed by atoms with van der Waals surface area (Å²) in [5.41, 5.74) is 2.75. The predicted molar refractivity (Wildman–Crippen MR) is 164 cm³/mol. The van der Waals surface area contributed by atoms with Crippen LogP contribution in [-0.2, 0) is 42.4 Å². The first kappa shape index (κ1) is 33.5. The molecule has 3 heterocycles. The normalized spacial score (nSPS) is 18.1. The number of unbranched alkanes of at least 4 members (excludes halogenated alkanes) is 2. The number of pyridine rings is 1. The highest BCUT2D eigenvalue weighted by Crippen LogP contribution is 2.48. The van der Waals surface area contributed by atoms with Gasteiger partial charge in [0, 0.05) is 35.5 Å². The van der Waals surface area contributed by atoms with Crippen molar-refractivity contribution in [1.29, 1.82) is 0 Å². The number of allylic oxidation sites excluding steroid dienone is 4. The van der Waals surface area contributed by atoms with E-state index < -0.39 is 42.8 Å². The molecule has 238 valence electrons. The summed E-state index contributed by atoms with van der Waals surface area (Å²) in [5.74, 6) is -0.485. The number of aryl methyl sites for hydroxylation is 1. The Morgan fingerprint density at radius 1 is 1.00 bits per heavy atom. The molecule has 1 N–H and O–H groups in total. The number of hydrogen-bond acceptors (Lipinski definition) is 9. The van der Waals surface area contributed by atoms with E-state index in [9.17, 15) is 30.7 Å². The van der Waals surface area contributed by atoms with Gasteiger partial charge in [0.15, 0.2) is 5.71 Å². The number of carboxylic acids is 1. The van der Waals surface area contributed by atoms with E-state index in [1.54, 1.807) is 6.07 Å². The largest absolute Gasteiger partial charge is 0.748 e. The Labute approximate surface area is 259 Å². The van der Waals surface area contributed by atoms with Crippen LogP contribution in [0.2, 0.25) is 0 Å². The summed E-state index contributed by atoms with van der Waals surface area (Å²) in [7, 11) is -9.11. The van der Waals surface area contributed by atoms with E-state index in [1.165, 1.54) is 12.1 Å². The molecule has 2 aliphatic rings. The van der Waals surface area contributed by atoms with Crippen molar-refractivity contribution < 1.29 is 40.4 Å². The third-order valence-corrected chi connectivity index (χ3v) is 9.93. The number of nitrogens with zero attached hydrogens (tertiary/aromatic N) is 3. The fourth-order valence-corrected chi connectivity index (χ4v) is 6.87. The molecule has 0 radical (unpaired) electrons. The van der Waals surface area contributed by atoms with Gasteiger partial charge < -0.3 is 19.1 Å². The zero-order chi connectivity index (χ0) is 32.5. The smallest absolute Gasteiger partial charge is 0.327 e. The van der Waals surface area contributed by atoms with Crippen molar-refractivity contribution in [3.8, 4) is 0 Å². The molecule has 11 nitrogen and oxygen atoms in total. The number of aliphatic imine (C=N–C) groups is 1. The first-order valence-electron chi connectivity index (χ1n) is 14.5. The summed E-state index contributed by atoms with van der Waals surface area (Å²) in [6, 6.07) is 8.17. The fourth-order valence-electron chi connectivity index (χ4n) is 5.89. The monoisotopic (exact) mass is 644 g/mol. The molecule has 2 aromatic rings. The van der Waals surface area contributed by atoms with Crippen molar-refractivity contribution in [3.05, 3.63) is 71.6 Å². The zero-order valence-electron chi connectivity index (χ0n) is 25.3. The van der Waals surface area contributed by atoms with Crippen molar-refractivity contribution >= 4 is 43.4 Å². The molecular formula is C31H38N3O8S2-. The van der Waals surface area contributed by atoms with Crippen LogP contribution in [0, 0.1) is 0 Å². The van der Waals surface area contributed by atoms with E-state index >= 15 is 0 Å². The second kappa shape index (κ2) is 12.5. The first-order chi connectivity index (χ1) is 20.4. The SMILES string of the molecule is CC1(C)C(/C=C/C=C2\N(CCCS(=O)(=O)[O-])c3ccc(S(=O)(=O)[O-])cc3C2(C)C)=Nc2c1ccc[n+]2CCCCCC(=O)O. The van der Waals surface area contributed by atoms with Crippen LogP contribution in [0.3, 0.4) is 0 Å². The second-order valence-electron chi connectivity index (χ2n) is 12.2. The molecular weight excluding hydrogens is 606 g/mol. The number of carboxylic acid groups (broad SMARTS) is 1. The third-order valence-electron chi connectivity index (χ3n) is 8.31. The molecule has 0 unspecified atom stereocenters. The Kier molecular flexibility index (Phi) is 9.55. The minimum absolute atomic E-state index is 0.0649. The first-order valence-corrected chi connectivity index (χ1v) is 17.5. The van der Waals surface area contributed by atoms with E-state index in [4.69, 9.17) is 10.1 Å². The van der Waals surface area contributed by atoms with Gasteiger partial charge in [-0.05, 0) is 92.6 Å². The van der Waals surface area contributed by atoms with Crippen LogP contribution in [0.4, 0.5) is 11.5 Å². The maximum Gasteiger partial charge on any atom is 0.327 e. The van der Waals surface area contributed by atoms with E-state index in [-0.39, 0.29) is 24.3 Å². The number of carbonyl (C=O) groups is 1. The molecule has 0 spiro atoms. The van der Waals surface area contributed by atoms with Gasteiger partial charge in [-0.25, -0.2) is 21.4 Å². The minimum Gasteiger partial charge on any atom is -0.748 e. The molecule has 0 atom stereocenters. The molecule has 2 aliphatic heterocycles. The molecule has 13 heteroatoms. The Hall–Kier alpha value is -3.39. The Bertz CT molecular complexity index is 1760. The zero-order valence-corrected chi connectivity index (χ0v) is 26.9. The van der Waals surface area contributed by atoms with Gasteiger partial charge in [-0.3, -0.25) is 4.79 Å².